The highest BCUT2D eigenvalue weighted by atomic mass is 16.7. The van der Waals surface area contributed by atoms with Crippen molar-refractivity contribution in [2.75, 3.05) is 6.61 Å². The number of ether oxygens (including phenoxy) is 2. The SMILES string of the molecule is Cc1c(O)cc2c(c1O)COC1(CCCO1)C2=O. The Morgan fingerprint density at radius 1 is 1.33 bits per heavy atom. The fourth-order valence-corrected chi connectivity index (χ4v) is 2.52. The first-order chi connectivity index (χ1) is 8.55. The first kappa shape index (κ1) is 11.5. The molecular weight excluding hydrogens is 236 g/mol. The van der Waals surface area contributed by atoms with Crippen molar-refractivity contribution in [1.82, 2.24) is 0 Å². The highest BCUT2D eigenvalue weighted by Gasteiger charge is 2.48. The minimum Gasteiger partial charge on any atom is -0.508 e. The van der Waals surface area contributed by atoms with Crippen LogP contribution in [-0.4, -0.2) is 28.4 Å². The number of aromatic hydroxyl groups is 2. The highest BCUT2D eigenvalue weighted by molar-refractivity contribution is 6.04. The summed E-state index contributed by atoms with van der Waals surface area (Å²) in [6.45, 7) is 2.20. The van der Waals surface area contributed by atoms with Crippen LogP contribution in [0.5, 0.6) is 11.5 Å². The predicted molar refractivity (Wildman–Crippen MR) is 61.5 cm³/mol. The lowest BCUT2D eigenvalue weighted by molar-refractivity contribution is -0.185. The van der Waals surface area contributed by atoms with Crippen LogP contribution in [0, 0.1) is 6.92 Å². The number of carbonyl (C=O) groups is 1. The van der Waals surface area contributed by atoms with E-state index < -0.39 is 5.79 Å². The van der Waals surface area contributed by atoms with Crippen LogP contribution in [0.3, 0.4) is 0 Å². The van der Waals surface area contributed by atoms with Crippen molar-refractivity contribution in [1.29, 1.82) is 0 Å². The minimum atomic E-state index is -1.21. The van der Waals surface area contributed by atoms with Crippen LogP contribution < -0.4 is 0 Å². The Kier molecular flexibility index (Phi) is 2.36. The predicted octanol–water partition coefficient (Wildman–Crippen LogP) is 1.63. The number of carbonyl (C=O) groups excluding carboxylic acids is 1. The van der Waals surface area contributed by atoms with Gasteiger partial charge in [-0.1, -0.05) is 0 Å². The maximum absolute atomic E-state index is 12.4. The second-order valence-corrected chi connectivity index (χ2v) is 4.72. The van der Waals surface area contributed by atoms with E-state index in [-0.39, 0.29) is 23.9 Å². The monoisotopic (exact) mass is 250 g/mol. The molecule has 3 rings (SSSR count). The number of rotatable bonds is 0. The molecule has 1 aromatic carbocycles. The Hall–Kier alpha value is -1.59. The smallest absolute Gasteiger partial charge is 0.234 e. The average Bonchev–Trinajstić information content (AvgIpc) is 2.82. The molecule has 1 spiro atoms. The molecule has 1 unspecified atom stereocenters. The Morgan fingerprint density at radius 3 is 2.78 bits per heavy atom. The van der Waals surface area contributed by atoms with Crippen molar-refractivity contribution < 1.29 is 24.5 Å². The molecule has 2 aliphatic rings. The summed E-state index contributed by atoms with van der Waals surface area (Å²) in [5, 5.41) is 19.7. The zero-order valence-electron chi connectivity index (χ0n) is 10.0. The molecule has 1 saturated heterocycles. The first-order valence-corrected chi connectivity index (χ1v) is 5.92. The molecule has 1 aromatic rings. The highest BCUT2D eigenvalue weighted by Crippen LogP contribution is 2.42. The summed E-state index contributed by atoms with van der Waals surface area (Å²) < 4.78 is 11.0. The number of phenols is 2. The third-order valence-electron chi connectivity index (χ3n) is 3.66. The molecular formula is C13H14O5. The minimum absolute atomic E-state index is 0.0776. The maximum Gasteiger partial charge on any atom is 0.234 e. The van der Waals surface area contributed by atoms with E-state index in [9.17, 15) is 15.0 Å². The molecule has 0 aromatic heterocycles. The maximum atomic E-state index is 12.4. The number of hydrogen-bond donors (Lipinski definition) is 2. The molecule has 5 heteroatoms. The van der Waals surface area contributed by atoms with Crippen molar-refractivity contribution in [2.45, 2.75) is 32.2 Å². The zero-order chi connectivity index (χ0) is 12.9. The summed E-state index contributed by atoms with van der Waals surface area (Å²) in [5.41, 5.74) is 1.08. The van der Waals surface area contributed by atoms with Crippen LogP contribution in [0.15, 0.2) is 6.07 Å². The molecule has 1 atom stereocenters. The van der Waals surface area contributed by atoms with Gasteiger partial charge in [0.25, 0.3) is 0 Å². The number of Topliss-reactive ketones (excluding diaryl/α,β-unsaturated/α-hetero) is 1. The molecule has 96 valence electrons. The zero-order valence-corrected chi connectivity index (χ0v) is 10.0. The molecule has 0 aliphatic carbocycles. The fourth-order valence-electron chi connectivity index (χ4n) is 2.52. The molecule has 2 aliphatic heterocycles. The Bertz CT molecular complexity index is 529. The van der Waals surface area contributed by atoms with Crippen molar-refractivity contribution in [2.24, 2.45) is 0 Å². The van der Waals surface area contributed by atoms with E-state index in [0.717, 1.165) is 6.42 Å². The van der Waals surface area contributed by atoms with Crippen molar-refractivity contribution in [3.05, 3.63) is 22.8 Å². The quantitative estimate of drug-likeness (QED) is 0.731. The van der Waals surface area contributed by atoms with Crippen molar-refractivity contribution in [3.8, 4) is 11.5 Å². The van der Waals surface area contributed by atoms with E-state index in [1.165, 1.54) is 6.07 Å². The van der Waals surface area contributed by atoms with Gasteiger partial charge in [0.15, 0.2) is 0 Å². The Balaban J connectivity index is 2.14. The Labute approximate surface area is 104 Å². The van der Waals surface area contributed by atoms with Gasteiger partial charge in [-0.25, -0.2) is 0 Å². The lowest BCUT2D eigenvalue weighted by Gasteiger charge is -2.32. The molecule has 0 amide bonds. The van der Waals surface area contributed by atoms with Crippen LogP contribution >= 0.6 is 0 Å². The van der Waals surface area contributed by atoms with Crippen LogP contribution in [0.4, 0.5) is 0 Å². The second-order valence-electron chi connectivity index (χ2n) is 4.72. The lowest BCUT2D eigenvalue weighted by atomic mass is 9.91. The fraction of sp³-hybridized carbons (Fsp3) is 0.462. The third kappa shape index (κ3) is 1.38. The van der Waals surface area contributed by atoms with Gasteiger partial charge < -0.3 is 19.7 Å². The van der Waals surface area contributed by atoms with Crippen LogP contribution in [-0.2, 0) is 16.1 Å². The standard InChI is InChI=1S/C13H14O5/c1-7-10(14)5-8-9(11(7)15)6-18-13(12(8)16)3-2-4-17-13/h5,14-15H,2-4,6H2,1H3. The van der Waals surface area contributed by atoms with E-state index in [0.29, 0.717) is 29.7 Å². The van der Waals surface area contributed by atoms with Gasteiger partial charge in [-0.3, -0.25) is 4.79 Å². The summed E-state index contributed by atoms with van der Waals surface area (Å²) in [6.07, 6.45) is 1.28. The second kappa shape index (κ2) is 3.70. The molecule has 2 N–H and O–H groups in total. The average molecular weight is 250 g/mol. The summed E-state index contributed by atoms with van der Waals surface area (Å²) in [4.78, 5) is 12.4. The molecule has 18 heavy (non-hydrogen) atoms. The van der Waals surface area contributed by atoms with Gasteiger partial charge in [0, 0.05) is 23.1 Å². The van der Waals surface area contributed by atoms with Crippen LogP contribution in [0.25, 0.3) is 0 Å². The number of phenolic OH excluding ortho intramolecular Hbond substituents is 2. The van der Waals surface area contributed by atoms with E-state index in [4.69, 9.17) is 9.47 Å². The lowest BCUT2D eigenvalue weighted by Crippen LogP contribution is -2.44. The van der Waals surface area contributed by atoms with Gasteiger partial charge >= 0.3 is 0 Å². The number of fused-ring (bicyclic) bond motifs is 1. The summed E-state index contributed by atoms with van der Waals surface area (Å²) in [5.74, 6) is -1.69. The summed E-state index contributed by atoms with van der Waals surface area (Å²) >= 11 is 0. The molecule has 0 bridgehead atoms. The van der Waals surface area contributed by atoms with Gasteiger partial charge in [-0.15, -0.1) is 0 Å². The number of benzene rings is 1. The van der Waals surface area contributed by atoms with Crippen molar-refractivity contribution >= 4 is 5.78 Å². The van der Waals surface area contributed by atoms with Gasteiger partial charge in [-0.2, -0.15) is 0 Å². The van der Waals surface area contributed by atoms with E-state index in [1.54, 1.807) is 6.92 Å². The molecule has 2 heterocycles. The van der Waals surface area contributed by atoms with Crippen LogP contribution in [0.2, 0.25) is 0 Å². The number of ketones is 1. The Morgan fingerprint density at radius 2 is 2.11 bits per heavy atom. The summed E-state index contributed by atoms with van der Waals surface area (Å²) in [7, 11) is 0. The van der Waals surface area contributed by atoms with Gasteiger partial charge in [0.05, 0.1) is 13.2 Å². The number of hydrogen-bond acceptors (Lipinski definition) is 5. The molecule has 0 radical (unpaired) electrons. The normalized spacial score (nSPS) is 26.6. The molecule has 5 nitrogen and oxygen atoms in total. The van der Waals surface area contributed by atoms with Crippen molar-refractivity contribution in [3.63, 3.8) is 0 Å². The van der Waals surface area contributed by atoms with E-state index in [1.807, 2.05) is 0 Å². The molecule has 0 saturated carbocycles. The first-order valence-electron chi connectivity index (χ1n) is 5.92. The topological polar surface area (TPSA) is 76.0 Å². The van der Waals surface area contributed by atoms with Gasteiger partial charge in [0.1, 0.15) is 11.5 Å². The van der Waals surface area contributed by atoms with Gasteiger partial charge in [-0.05, 0) is 19.4 Å². The van der Waals surface area contributed by atoms with E-state index in [2.05, 4.69) is 0 Å². The largest absolute Gasteiger partial charge is 0.508 e. The van der Waals surface area contributed by atoms with E-state index >= 15 is 0 Å². The van der Waals surface area contributed by atoms with Crippen LogP contribution in [0.1, 0.15) is 34.3 Å². The summed E-state index contributed by atoms with van der Waals surface area (Å²) in [6, 6.07) is 1.39. The third-order valence-corrected chi connectivity index (χ3v) is 3.66. The van der Waals surface area contributed by atoms with Gasteiger partial charge in [0.2, 0.25) is 11.6 Å². The molecule has 1 fully saturated rings.